The minimum Gasteiger partial charge on any atom is -0.350 e. The Labute approximate surface area is 166 Å². The molecule has 2 aromatic carbocycles. The molecule has 2 heterocycles. The third kappa shape index (κ3) is 4.02. The van der Waals surface area contributed by atoms with Crippen LogP contribution in [0.1, 0.15) is 41.7 Å². The summed E-state index contributed by atoms with van der Waals surface area (Å²) in [6.45, 7) is 1.55. The van der Waals surface area contributed by atoms with Crippen LogP contribution in [0, 0.1) is 0 Å². The molecule has 0 spiro atoms. The van der Waals surface area contributed by atoms with Crippen molar-refractivity contribution in [1.29, 1.82) is 0 Å². The van der Waals surface area contributed by atoms with E-state index in [1.165, 1.54) is 17.0 Å². The van der Waals surface area contributed by atoms with E-state index in [9.17, 15) is 4.79 Å². The fourth-order valence-corrected chi connectivity index (χ4v) is 4.38. The highest BCUT2D eigenvalue weighted by atomic mass is 16.2. The molecule has 4 heteroatoms. The Bertz CT molecular complexity index is 864. The first-order chi connectivity index (χ1) is 13.7. The predicted octanol–water partition coefficient (Wildman–Crippen LogP) is 2.65. The van der Waals surface area contributed by atoms with Gasteiger partial charge in [0.05, 0.1) is 18.3 Å². The molecule has 1 aliphatic heterocycles. The van der Waals surface area contributed by atoms with Crippen molar-refractivity contribution in [3.05, 3.63) is 95.8 Å². The van der Waals surface area contributed by atoms with E-state index in [0.29, 0.717) is 12.6 Å². The molecule has 1 aromatic heterocycles. The van der Waals surface area contributed by atoms with Crippen molar-refractivity contribution in [2.24, 2.45) is 7.05 Å². The molecule has 3 aromatic rings. The number of hydrogen-bond donors (Lipinski definition) is 2. The molecule has 1 unspecified atom stereocenters. The van der Waals surface area contributed by atoms with Crippen molar-refractivity contribution in [3.63, 3.8) is 0 Å². The van der Waals surface area contributed by atoms with Crippen LogP contribution in [0.3, 0.4) is 0 Å². The number of amides is 1. The van der Waals surface area contributed by atoms with Gasteiger partial charge in [0, 0.05) is 26.1 Å². The average molecular weight is 375 g/mol. The number of hydrogen-bond acceptors (Lipinski definition) is 1. The van der Waals surface area contributed by atoms with Gasteiger partial charge in [-0.15, -0.1) is 0 Å². The van der Waals surface area contributed by atoms with Gasteiger partial charge in [0.15, 0.2) is 6.54 Å². The molecule has 0 saturated carbocycles. The first kappa shape index (κ1) is 18.5. The zero-order valence-electron chi connectivity index (χ0n) is 16.3. The Balaban J connectivity index is 1.50. The number of nitrogens with zero attached hydrogens (tertiary/aromatic N) is 1. The topological polar surface area (TPSA) is 38.5 Å². The van der Waals surface area contributed by atoms with E-state index in [0.717, 1.165) is 24.1 Å². The van der Waals surface area contributed by atoms with Gasteiger partial charge in [-0.2, -0.15) is 0 Å². The molecular weight excluding hydrogens is 346 g/mol. The normalized spacial score (nSPS) is 19.1. The summed E-state index contributed by atoms with van der Waals surface area (Å²) in [4.78, 5) is 14.4. The number of benzene rings is 2. The van der Waals surface area contributed by atoms with Crippen LogP contribution in [0.25, 0.3) is 0 Å². The van der Waals surface area contributed by atoms with Gasteiger partial charge in [0.1, 0.15) is 6.04 Å². The molecule has 0 aliphatic carbocycles. The molecule has 2 N–H and O–H groups in total. The number of quaternary nitrogens is 1. The second-order valence-corrected chi connectivity index (χ2v) is 7.65. The lowest BCUT2D eigenvalue weighted by Crippen LogP contribution is -3.11. The fourth-order valence-electron chi connectivity index (χ4n) is 4.38. The highest BCUT2D eigenvalue weighted by molar-refractivity contribution is 5.78. The molecular formula is C24H28N3O+. The Kier molecular flexibility index (Phi) is 5.58. The second kappa shape index (κ2) is 8.44. The van der Waals surface area contributed by atoms with Gasteiger partial charge in [-0.25, -0.2) is 0 Å². The maximum Gasteiger partial charge on any atom is 0.275 e. The maximum atomic E-state index is 13.0. The lowest BCUT2D eigenvalue weighted by Gasteiger charge is -2.24. The van der Waals surface area contributed by atoms with Crippen LogP contribution < -0.4 is 10.2 Å². The molecule has 0 radical (unpaired) electrons. The van der Waals surface area contributed by atoms with E-state index in [2.05, 4.69) is 59.5 Å². The number of likely N-dealkylation sites (tertiary alicyclic amines) is 1. The summed E-state index contributed by atoms with van der Waals surface area (Å²) in [6.07, 6.45) is 4.40. The first-order valence-electron chi connectivity index (χ1n) is 10.1. The van der Waals surface area contributed by atoms with Crippen molar-refractivity contribution in [1.82, 2.24) is 9.88 Å². The quantitative estimate of drug-likeness (QED) is 0.684. The highest BCUT2D eigenvalue weighted by Gasteiger charge is 2.33. The van der Waals surface area contributed by atoms with Crippen LogP contribution in [0.15, 0.2) is 79.0 Å². The zero-order valence-corrected chi connectivity index (χ0v) is 16.3. The Morgan fingerprint density at radius 2 is 1.68 bits per heavy atom. The number of rotatable bonds is 6. The molecule has 4 rings (SSSR count). The largest absolute Gasteiger partial charge is 0.350 e. The van der Waals surface area contributed by atoms with E-state index in [-0.39, 0.29) is 11.9 Å². The van der Waals surface area contributed by atoms with Crippen LogP contribution in [0.5, 0.6) is 0 Å². The van der Waals surface area contributed by atoms with E-state index in [1.54, 1.807) is 0 Å². The highest BCUT2D eigenvalue weighted by Crippen LogP contribution is 2.22. The average Bonchev–Trinajstić information content (AvgIpc) is 3.35. The number of aryl methyl sites for hydroxylation is 1. The molecule has 1 saturated heterocycles. The lowest BCUT2D eigenvalue weighted by atomic mass is 9.98. The predicted molar refractivity (Wildman–Crippen MR) is 111 cm³/mol. The van der Waals surface area contributed by atoms with Crippen LogP contribution >= 0.6 is 0 Å². The van der Waals surface area contributed by atoms with Crippen molar-refractivity contribution >= 4 is 5.91 Å². The van der Waals surface area contributed by atoms with Crippen LogP contribution in [0.4, 0.5) is 0 Å². The zero-order chi connectivity index (χ0) is 19.3. The van der Waals surface area contributed by atoms with Gasteiger partial charge in [-0.3, -0.25) is 4.79 Å². The van der Waals surface area contributed by atoms with Gasteiger partial charge in [0.2, 0.25) is 0 Å². The summed E-state index contributed by atoms with van der Waals surface area (Å²) >= 11 is 0. The lowest BCUT2D eigenvalue weighted by molar-refractivity contribution is -0.911. The molecule has 1 amide bonds. The summed E-state index contributed by atoms with van der Waals surface area (Å²) in [7, 11) is 2.09. The summed E-state index contributed by atoms with van der Waals surface area (Å²) in [5.41, 5.74) is 3.54. The standard InChI is InChI=1S/C24H27N3O/c1-26-16-8-14-21(26)22-15-9-17-27(22)18-23(28)25-24(19-10-4-2-5-11-19)20-12-6-3-7-13-20/h2-8,10-14,16,22,24H,9,15,17-18H2,1H3,(H,25,28)/p+1/t22-/m0/s1. The number of carbonyl (C=O) groups is 1. The summed E-state index contributed by atoms with van der Waals surface area (Å²) in [5.74, 6) is 0.105. The van der Waals surface area contributed by atoms with Gasteiger partial charge < -0.3 is 14.8 Å². The summed E-state index contributed by atoms with van der Waals surface area (Å²) < 4.78 is 2.19. The molecule has 4 nitrogen and oxygen atoms in total. The van der Waals surface area contributed by atoms with Gasteiger partial charge >= 0.3 is 0 Å². The van der Waals surface area contributed by atoms with Crippen LogP contribution in [0.2, 0.25) is 0 Å². The molecule has 144 valence electrons. The van der Waals surface area contributed by atoms with Gasteiger partial charge in [0.25, 0.3) is 5.91 Å². The van der Waals surface area contributed by atoms with Crippen molar-refractivity contribution < 1.29 is 9.69 Å². The smallest absolute Gasteiger partial charge is 0.275 e. The molecule has 0 bridgehead atoms. The SMILES string of the molecule is Cn1cccc1[C@@H]1CCC[NH+]1CC(=O)NC(c1ccccc1)c1ccccc1. The van der Waals surface area contributed by atoms with E-state index < -0.39 is 0 Å². The monoisotopic (exact) mass is 374 g/mol. The Morgan fingerprint density at radius 1 is 1.04 bits per heavy atom. The number of nitrogens with one attached hydrogen (secondary N) is 2. The molecule has 1 fully saturated rings. The fraction of sp³-hybridized carbons (Fsp3) is 0.292. The first-order valence-corrected chi connectivity index (χ1v) is 10.1. The van der Waals surface area contributed by atoms with E-state index in [4.69, 9.17) is 0 Å². The number of aromatic nitrogens is 1. The Hall–Kier alpha value is -2.85. The molecule has 28 heavy (non-hydrogen) atoms. The number of carbonyl (C=O) groups excluding carboxylic acids is 1. The maximum absolute atomic E-state index is 13.0. The van der Waals surface area contributed by atoms with Crippen LogP contribution in [-0.4, -0.2) is 23.6 Å². The van der Waals surface area contributed by atoms with Crippen LogP contribution in [-0.2, 0) is 11.8 Å². The Morgan fingerprint density at radius 3 is 2.25 bits per heavy atom. The summed E-state index contributed by atoms with van der Waals surface area (Å²) in [5, 5.41) is 3.29. The minimum atomic E-state index is -0.120. The molecule has 2 atom stereocenters. The van der Waals surface area contributed by atoms with E-state index in [1.807, 2.05) is 36.4 Å². The third-order valence-electron chi connectivity index (χ3n) is 5.78. The van der Waals surface area contributed by atoms with Crippen molar-refractivity contribution in [3.8, 4) is 0 Å². The summed E-state index contributed by atoms with van der Waals surface area (Å²) in [6, 6.07) is 25.0. The second-order valence-electron chi connectivity index (χ2n) is 7.65. The van der Waals surface area contributed by atoms with Gasteiger partial charge in [-0.1, -0.05) is 60.7 Å². The van der Waals surface area contributed by atoms with E-state index >= 15 is 0 Å². The van der Waals surface area contributed by atoms with Crippen molar-refractivity contribution in [2.45, 2.75) is 24.9 Å². The third-order valence-corrected chi connectivity index (χ3v) is 5.78. The molecule has 1 aliphatic rings. The van der Waals surface area contributed by atoms with Crippen molar-refractivity contribution in [2.75, 3.05) is 13.1 Å². The minimum absolute atomic E-state index is 0.105. The van der Waals surface area contributed by atoms with Gasteiger partial charge in [-0.05, 0) is 23.3 Å².